The fourth-order valence-corrected chi connectivity index (χ4v) is 1.65. The third-order valence-corrected chi connectivity index (χ3v) is 2.39. The lowest BCUT2D eigenvalue weighted by Gasteiger charge is -2.23. The molecule has 0 unspecified atom stereocenters. The van der Waals surface area contributed by atoms with Gasteiger partial charge in [0.2, 0.25) is 0 Å². The van der Waals surface area contributed by atoms with Crippen LogP contribution in [0.3, 0.4) is 0 Å². The largest absolute Gasteiger partial charge is 0.490 e. The molecule has 0 aliphatic heterocycles. The highest BCUT2D eigenvalue weighted by Crippen LogP contribution is 2.28. The molecule has 1 aromatic rings. The number of carbonyl (C=O) groups is 1. The zero-order valence-electron chi connectivity index (χ0n) is 13.6. The average Bonchev–Trinajstić information content (AvgIpc) is 2.34. The first-order valence-corrected chi connectivity index (χ1v) is 7.04. The van der Waals surface area contributed by atoms with Gasteiger partial charge in [0.05, 0.1) is 6.10 Å². The SMILES string of the molecule is CNC(=O)OCc1ccc(OC(C)(C)C)cc1OC(C)C. The van der Waals surface area contributed by atoms with Gasteiger partial charge < -0.3 is 19.5 Å². The van der Waals surface area contributed by atoms with Gasteiger partial charge in [-0.05, 0) is 46.8 Å². The minimum atomic E-state index is -0.472. The number of hydrogen-bond donors (Lipinski definition) is 1. The van der Waals surface area contributed by atoms with E-state index in [0.717, 1.165) is 11.3 Å². The monoisotopic (exact) mass is 295 g/mol. The molecule has 1 N–H and O–H groups in total. The lowest BCUT2D eigenvalue weighted by Crippen LogP contribution is -2.23. The predicted octanol–water partition coefficient (Wildman–Crippen LogP) is 3.51. The van der Waals surface area contributed by atoms with Crippen LogP contribution in [0.1, 0.15) is 40.2 Å². The molecule has 1 aromatic carbocycles. The van der Waals surface area contributed by atoms with Crippen LogP contribution in [0.15, 0.2) is 18.2 Å². The van der Waals surface area contributed by atoms with Crippen LogP contribution in [0.2, 0.25) is 0 Å². The van der Waals surface area contributed by atoms with Crippen LogP contribution < -0.4 is 14.8 Å². The molecule has 21 heavy (non-hydrogen) atoms. The van der Waals surface area contributed by atoms with Gasteiger partial charge in [-0.1, -0.05) is 0 Å². The summed E-state index contributed by atoms with van der Waals surface area (Å²) in [4.78, 5) is 11.2. The molecule has 1 amide bonds. The van der Waals surface area contributed by atoms with Gasteiger partial charge in [0.1, 0.15) is 23.7 Å². The Morgan fingerprint density at radius 3 is 2.48 bits per heavy atom. The second kappa shape index (κ2) is 7.20. The van der Waals surface area contributed by atoms with Gasteiger partial charge in [-0.3, -0.25) is 0 Å². The topological polar surface area (TPSA) is 56.8 Å². The van der Waals surface area contributed by atoms with Crippen LogP contribution in [0, 0.1) is 0 Å². The molecule has 0 spiro atoms. The quantitative estimate of drug-likeness (QED) is 0.903. The summed E-state index contributed by atoms with van der Waals surface area (Å²) in [6.07, 6.45) is -0.450. The van der Waals surface area contributed by atoms with E-state index >= 15 is 0 Å². The van der Waals surface area contributed by atoms with Crippen molar-refractivity contribution in [3.8, 4) is 11.5 Å². The number of hydrogen-bond acceptors (Lipinski definition) is 4. The number of ether oxygens (including phenoxy) is 3. The molecule has 0 fully saturated rings. The second-order valence-electron chi connectivity index (χ2n) is 5.98. The fourth-order valence-electron chi connectivity index (χ4n) is 1.65. The van der Waals surface area contributed by atoms with Crippen LogP contribution in [0.5, 0.6) is 11.5 Å². The van der Waals surface area contributed by atoms with Gasteiger partial charge in [-0.25, -0.2) is 4.79 Å². The fraction of sp³-hybridized carbons (Fsp3) is 0.562. The molecule has 0 radical (unpaired) electrons. The molecule has 0 aromatic heterocycles. The molecule has 118 valence electrons. The van der Waals surface area contributed by atoms with E-state index in [1.807, 2.05) is 52.8 Å². The van der Waals surface area contributed by atoms with Gasteiger partial charge in [0.15, 0.2) is 0 Å². The molecule has 0 bridgehead atoms. The van der Waals surface area contributed by atoms with E-state index in [1.54, 1.807) is 0 Å². The number of carbonyl (C=O) groups excluding carboxylic acids is 1. The van der Waals surface area contributed by atoms with Crippen LogP contribution in [0.25, 0.3) is 0 Å². The highest BCUT2D eigenvalue weighted by molar-refractivity contribution is 5.66. The molecule has 5 heteroatoms. The number of alkyl carbamates (subject to hydrolysis) is 1. The van der Waals surface area contributed by atoms with E-state index < -0.39 is 6.09 Å². The second-order valence-corrected chi connectivity index (χ2v) is 5.98. The van der Waals surface area contributed by atoms with Gasteiger partial charge in [0.25, 0.3) is 0 Å². The Morgan fingerprint density at radius 1 is 1.29 bits per heavy atom. The maximum atomic E-state index is 11.2. The Morgan fingerprint density at radius 2 is 1.95 bits per heavy atom. The van der Waals surface area contributed by atoms with E-state index in [-0.39, 0.29) is 18.3 Å². The summed E-state index contributed by atoms with van der Waals surface area (Å²) in [5.41, 5.74) is 0.517. The van der Waals surface area contributed by atoms with Crippen LogP contribution in [0.4, 0.5) is 4.79 Å². The Labute approximate surface area is 126 Å². The maximum absolute atomic E-state index is 11.2. The molecule has 5 nitrogen and oxygen atoms in total. The summed E-state index contributed by atoms with van der Waals surface area (Å²) in [6, 6.07) is 5.52. The predicted molar refractivity (Wildman–Crippen MR) is 81.8 cm³/mol. The van der Waals surface area contributed by atoms with Gasteiger partial charge >= 0.3 is 6.09 Å². The zero-order valence-corrected chi connectivity index (χ0v) is 13.6. The lowest BCUT2D eigenvalue weighted by molar-refractivity contribution is 0.129. The summed E-state index contributed by atoms with van der Waals surface area (Å²) < 4.78 is 16.7. The van der Waals surface area contributed by atoms with Crippen LogP contribution >= 0.6 is 0 Å². The van der Waals surface area contributed by atoms with Crippen LogP contribution in [-0.2, 0) is 11.3 Å². The number of rotatable bonds is 5. The minimum Gasteiger partial charge on any atom is -0.490 e. The Kier molecular flexibility index (Phi) is 5.88. The van der Waals surface area contributed by atoms with Crippen molar-refractivity contribution in [1.29, 1.82) is 0 Å². The summed E-state index contributed by atoms with van der Waals surface area (Å²) in [6.45, 7) is 9.99. The summed E-state index contributed by atoms with van der Waals surface area (Å²) in [7, 11) is 1.52. The molecule has 0 saturated heterocycles. The van der Waals surface area contributed by atoms with E-state index in [1.165, 1.54) is 7.05 Å². The molecule has 0 aliphatic carbocycles. The van der Waals surface area contributed by atoms with Crippen molar-refractivity contribution in [2.45, 2.75) is 52.9 Å². The highest BCUT2D eigenvalue weighted by Gasteiger charge is 2.15. The van der Waals surface area contributed by atoms with Gasteiger partial charge in [-0.15, -0.1) is 0 Å². The van der Waals surface area contributed by atoms with Crippen LogP contribution in [-0.4, -0.2) is 24.8 Å². The number of amides is 1. The minimum absolute atomic E-state index is 0.0219. The molecule has 0 aliphatic rings. The zero-order chi connectivity index (χ0) is 16.0. The van der Waals surface area contributed by atoms with Gasteiger partial charge in [0, 0.05) is 18.7 Å². The number of nitrogens with one attached hydrogen (secondary N) is 1. The summed E-state index contributed by atoms with van der Waals surface area (Å²) in [5, 5.41) is 2.41. The van der Waals surface area contributed by atoms with E-state index in [9.17, 15) is 4.79 Å². The Bertz CT molecular complexity index is 478. The van der Waals surface area contributed by atoms with E-state index in [0.29, 0.717) is 5.75 Å². The highest BCUT2D eigenvalue weighted by atomic mass is 16.5. The molecule has 0 heterocycles. The van der Waals surface area contributed by atoms with E-state index in [4.69, 9.17) is 14.2 Å². The first-order chi connectivity index (χ1) is 9.71. The standard InChI is InChI=1S/C16H25NO4/c1-11(2)20-14-9-13(21-16(3,4)5)8-7-12(14)10-19-15(18)17-6/h7-9,11H,10H2,1-6H3,(H,17,18). The maximum Gasteiger partial charge on any atom is 0.407 e. The van der Waals surface area contributed by atoms with Crippen molar-refractivity contribution in [3.05, 3.63) is 23.8 Å². The lowest BCUT2D eigenvalue weighted by atomic mass is 10.1. The summed E-state index contributed by atoms with van der Waals surface area (Å²) in [5.74, 6) is 1.39. The van der Waals surface area contributed by atoms with Crippen molar-refractivity contribution in [2.75, 3.05) is 7.05 Å². The first-order valence-electron chi connectivity index (χ1n) is 7.04. The van der Waals surface area contributed by atoms with Crippen molar-refractivity contribution in [3.63, 3.8) is 0 Å². The Balaban J connectivity index is 2.93. The van der Waals surface area contributed by atoms with Crippen molar-refractivity contribution < 1.29 is 19.0 Å². The smallest absolute Gasteiger partial charge is 0.407 e. The van der Waals surface area contributed by atoms with Crippen molar-refractivity contribution in [2.24, 2.45) is 0 Å². The number of benzene rings is 1. The third-order valence-electron chi connectivity index (χ3n) is 2.39. The molecular weight excluding hydrogens is 270 g/mol. The molecular formula is C16H25NO4. The normalized spacial score (nSPS) is 11.2. The molecule has 0 saturated carbocycles. The average molecular weight is 295 g/mol. The molecule has 0 atom stereocenters. The third kappa shape index (κ3) is 6.38. The summed E-state index contributed by atoms with van der Waals surface area (Å²) >= 11 is 0. The first kappa shape index (κ1) is 17.1. The van der Waals surface area contributed by atoms with Gasteiger partial charge in [-0.2, -0.15) is 0 Å². The van der Waals surface area contributed by atoms with Crippen molar-refractivity contribution in [1.82, 2.24) is 5.32 Å². The van der Waals surface area contributed by atoms with Crippen molar-refractivity contribution >= 4 is 6.09 Å². The Hall–Kier alpha value is -1.91. The van der Waals surface area contributed by atoms with E-state index in [2.05, 4.69) is 5.32 Å². The molecule has 1 rings (SSSR count).